The van der Waals surface area contributed by atoms with Crippen molar-refractivity contribution in [1.82, 2.24) is 10.2 Å². The number of fused-ring (bicyclic) bond motifs is 1. The van der Waals surface area contributed by atoms with Gasteiger partial charge in [0.05, 0.1) is 6.04 Å². The zero-order valence-electron chi connectivity index (χ0n) is 12.6. The maximum atomic E-state index is 12.4. The van der Waals surface area contributed by atoms with Crippen LogP contribution in [0.4, 0.5) is 4.79 Å². The third-order valence-corrected chi connectivity index (χ3v) is 4.36. The summed E-state index contributed by atoms with van der Waals surface area (Å²) in [6.07, 6.45) is 2.00. The van der Waals surface area contributed by atoms with Crippen LogP contribution in [0.5, 0.6) is 0 Å². The third-order valence-electron chi connectivity index (χ3n) is 4.11. The summed E-state index contributed by atoms with van der Waals surface area (Å²) >= 11 is 5.88. The number of hydrogen-bond acceptors (Lipinski definition) is 1. The van der Waals surface area contributed by atoms with Crippen LogP contribution in [0.1, 0.15) is 29.2 Å². The van der Waals surface area contributed by atoms with Gasteiger partial charge in [-0.1, -0.05) is 48.0 Å². The van der Waals surface area contributed by atoms with Gasteiger partial charge in [0, 0.05) is 18.6 Å². The van der Waals surface area contributed by atoms with Crippen LogP contribution in [0.25, 0.3) is 0 Å². The Morgan fingerprint density at radius 3 is 2.73 bits per heavy atom. The van der Waals surface area contributed by atoms with Crippen molar-refractivity contribution in [2.45, 2.75) is 25.4 Å². The normalized spacial score (nSPS) is 16.2. The van der Waals surface area contributed by atoms with Gasteiger partial charge in [0.25, 0.3) is 0 Å². The van der Waals surface area contributed by atoms with Gasteiger partial charge in [-0.15, -0.1) is 0 Å². The van der Waals surface area contributed by atoms with Crippen LogP contribution in [-0.2, 0) is 13.0 Å². The number of rotatable bonds is 3. The first-order valence-electron chi connectivity index (χ1n) is 7.47. The van der Waals surface area contributed by atoms with Crippen molar-refractivity contribution in [3.05, 3.63) is 70.2 Å². The van der Waals surface area contributed by atoms with E-state index >= 15 is 0 Å². The average molecular weight is 315 g/mol. The van der Waals surface area contributed by atoms with Crippen LogP contribution < -0.4 is 5.32 Å². The van der Waals surface area contributed by atoms with E-state index in [2.05, 4.69) is 23.5 Å². The Balaban J connectivity index is 1.61. The lowest BCUT2D eigenvalue weighted by atomic mass is 10.1. The number of aryl methyl sites for hydroxylation is 1. The fourth-order valence-electron chi connectivity index (χ4n) is 2.90. The van der Waals surface area contributed by atoms with E-state index in [1.807, 2.05) is 37.4 Å². The van der Waals surface area contributed by atoms with E-state index in [4.69, 9.17) is 11.6 Å². The molecule has 4 heteroatoms. The fraction of sp³-hybridized carbons (Fsp3) is 0.278. The van der Waals surface area contributed by atoms with Gasteiger partial charge in [0.2, 0.25) is 0 Å². The minimum absolute atomic E-state index is 0.0448. The second-order valence-corrected chi connectivity index (χ2v) is 6.16. The lowest BCUT2D eigenvalue weighted by Gasteiger charge is -2.21. The molecule has 1 N–H and O–H groups in total. The van der Waals surface area contributed by atoms with Gasteiger partial charge in [-0.3, -0.25) is 0 Å². The van der Waals surface area contributed by atoms with Gasteiger partial charge in [-0.05, 0) is 41.7 Å². The number of urea groups is 1. The predicted octanol–water partition coefficient (Wildman–Crippen LogP) is 4.17. The minimum Gasteiger partial charge on any atom is -0.331 e. The molecule has 0 spiro atoms. The molecule has 3 nitrogen and oxygen atoms in total. The summed E-state index contributed by atoms with van der Waals surface area (Å²) in [7, 11) is 1.81. The molecule has 114 valence electrons. The van der Waals surface area contributed by atoms with Crippen molar-refractivity contribution in [2.75, 3.05) is 7.05 Å². The van der Waals surface area contributed by atoms with Crippen LogP contribution in [0, 0.1) is 0 Å². The maximum absolute atomic E-state index is 12.4. The molecule has 2 aromatic carbocycles. The highest BCUT2D eigenvalue weighted by molar-refractivity contribution is 6.30. The molecule has 2 amide bonds. The van der Waals surface area contributed by atoms with Crippen molar-refractivity contribution in [3.8, 4) is 0 Å². The summed E-state index contributed by atoms with van der Waals surface area (Å²) < 4.78 is 0. The molecule has 0 saturated carbocycles. The van der Waals surface area contributed by atoms with Crippen LogP contribution in [-0.4, -0.2) is 18.0 Å². The second-order valence-electron chi connectivity index (χ2n) is 5.72. The summed E-state index contributed by atoms with van der Waals surface area (Å²) in [5, 5.41) is 3.83. The Hall–Kier alpha value is -2.00. The Labute approximate surface area is 135 Å². The zero-order valence-corrected chi connectivity index (χ0v) is 13.3. The van der Waals surface area contributed by atoms with E-state index in [0.29, 0.717) is 11.6 Å². The zero-order chi connectivity index (χ0) is 15.5. The number of benzene rings is 2. The maximum Gasteiger partial charge on any atom is 0.317 e. The first kappa shape index (κ1) is 14.9. The molecular weight excluding hydrogens is 296 g/mol. The van der Waals surface area contributed by atoms with Gasteiger partial charge >= 0.3 is 6.03 Å². The Bertz CT molecular complexity index is 669. The number of carbonyl (C=O) groups is 1. The van der Waals surface area contributed by atoms with Crippen molar-refractivity contribution in [1.29, 1.82) is 0 Å². The monoisotopic (exact) mass is 314 g/mol. The van der Waals surface area contributed by atoms with Gasteiger partial charge in [-0.25, -0.2) is 4.79 Å². The standard InChI is InChI=1S/C18H19ClN2O/c1-21(12-13-6-9-15(19)10-7-13)18(22)20-17-11-8-14-4-2-3-5-16(14)17/h2-7,9-10,17H,8,11-12H2,1H3,(H,20,22). The number of nitrogens with zero attached hydrogens (tertiary/aromatic N) is 1. The van der Waals surface area contributed by atoms with E-state index in [1.165, 1.54) is 11.1 Å². The molecule has 22 heavy (non-hydrogen) atoms. The SMILES string of the molecule is CN(Cc1ccc(Cl)cc1)C(=O)NC1CCc2ccccc21. The van der Waals surface area contributed by atoms with Crippen molar-refractivity contribution in [2.24, 2.45) is 0 Å². The topological polar surface area (TPSA) is 32.3 Å². The summed E-state index contributed by atoms with van der Waals surface area (Å²) in [6.45, 7) is 0.567. The van der Waals surface area contributed by atoms with Crippen molar-refractivity contribution >= 4 is 17.6 Å². The molecule has 0 heterocycles. The summed E-state index contributed by atoms with van der Waals surface area (Å²) in [4.78, 5) is 14.1. The number of amides is 2. The number of nitrogens with one attached hydrogen (secondary N) is 1. The van der Waals surface area contributed by atoms with E-state index in [1.54, 1.807) is 4.90 Å². The molecule has 0 aromatic heterocycles. The molecule has 0 bridgehead atoms. The molecular formula is C18H19ClN2O. The molecule has 0 fully saturated rings. The fourth-order valence-corrected chi connectivity index (χ4v) is 3.03. The van der Waals surface area contributed by atoms with Crippen molar-refractivity contribution in [3.63, 3.8) is 0 Å². The van der Waals surface area contributed by atoms with Gasteiger partial charge in [0.1, 0.15) is 0 Å². The quantitative estimate of drug-likeness (QED) is 0.906. The van der Waals surface area contributed by atoms with Crippen LogP contribution in [0.2, 0.25) is 5.02 Å². The summed E-state index contributed by atoms with van der Waals surface area (Å²) in [5.74, 6) is 0. The molecule has 3 rings (SSSR count). The molecule has 1 aliphatic rings. The highest BCUT2D eigenvalue weighted by Crippen LogP contribution is 2.30. The predicted molar refractivity (Wildman–Crippen MR) is 89.0 cm³/mol. The molecule has 1 atom stereocenters. The van der Waals surface area contributed by atoms with E-state index in [-0.39, 0.29) is 12.1 Å². The van der Waals surface area contributed by atoms with Gasteiger partial charge < -0.3 is 10.2 Å². The largest absolute Gasteiger partial charge is 0.331 e. The molecule has 0 radical (unpaired) electrons. The lowest BCUT2D eigenvalue weighted by molar-refractivity contribution is 0.202. The Kier molecular flexibility index (Phi) is 4.34. The molecule has 1 aliphatic carbocycles. The molecule has 0 saturated heterocycles. The van der Waals surface area contributed by atoms with Crippen molar-refractivity contribution < 1.29 is 4.79 Å². The summed E-state index contributed by atoms with van der Waals surface area (Å²) in [6, 6.07) is 16.0. The highest BCUT2D eigenvalue weighted by Gasteiger charge is 2.24. The molecule has 2 aromatic rings. The second kappa shape index (κ2) is 6.41. The Morgan fingerprint density at radius 2 is 1.95 bits per heavy atom. The molecule has 0 aliphatic heterocycles. The minimum atomic E-state index is -0.0448. The lowest BCUT2D eigenvalue weighted by Crippen LogP contribution is -2.38. The van der Waals surface area contributed by atoms with Crippen LogP contribution in [0.15, 0.2) is 48.5 Å². The van der Waals surface area contributed by atoms with E-state index < -0.39 is 0 Å². The summed E-state index contributed by atoms with van der Waals surface area (Å²) in [5.41, 5.74) is 3.65. The molecule has 1 unspecified atom stereocenters. The first-order chi connectivity index (χ1) is 10.6. The van der Waals surface area contributed by atoms with E-state index in [0.717, 1.165) is 18.4 Å². The average Bonchev–Trinajstić information content (AvgIpc) is 2.93. The highest BCUT2D eigenvalue weighted by atomic mass is 35.5. The Morgan fingerprint density at radius 1 is 1.23 bits per heavy atom. The van der Waals surface area contributed by atoms with Gasteiger partial charge in [-0.2, -0.15) is 0 Å². The smallest absolute Gasteiger partial charge is 0.317 e. The number of carbonyl (C=O) groups excluding carboxylic acids is 1. The van der Waals surface area contributed by atoms with Crippen LogP contribution in [0.3, 0.4) is 0 Å². The third kappa shape index (κ3) is 3.25. The number of hydrogen-bond donors (Lipinski definition) is 1. The van der Waals surface area contributed by atoms with Gasteiger partial charge in [0.15, 0.2) is 0 Å². The van der Waals surface area contributed by atoms with E-state index in [9.17, 15) is 4.79 Å². The number of halogens is 1. The van der Waals surface area contributed by atoms with Crippen LogP contribution >= 0.6 is 11.6 Å². The first-order valence-corrected chi connectivity index (χ1v) is 7.85.